The average Bonchev–Trinajstić information content (AvgIpc) is 2.85. The number of hydrogen-bond acceptors (Lipinski definition) is 4. The van der Waals surface area contributed by atoms with Crippen molar-refractivity contribution in [2.24, 2.45) is 5.73 Å². The molecule has 2 N–H and O–H groups in total. The van der Waals surface area contributed by atoms with Crippen LogP contribution in [-0.4, -0.2) is 20.8 Å². The SMILES string of the molecule is NCc1cn(CC(=O)c2cccc(C(F)(F)F)c2)nn1. The molecule has 0 aliphatic rings. The van der Waals surface area contributed by atoms with E-state index in [2.05, 4.69) is 10.3 Å². The van der Waals surface area contributed by atoms with Crippen molar-refractivity contribution in [3.63, 3.8) is 0 Å². The van der Waals surface area contributed by atoms with Gasteiger partial charge >= 0.3 is 6.18 Å². The number of hydrogen-bond donors (Lipinski definition) is 1. The van der Waals surface area contributed by atoms with Gasteiger partial charge < -0.3 is 5.73 Å². The van der Waals surface area contributed by atoms with Crippen LogP contribution in [0.5, 0.6) is 0 Å². The summed E-state index contributed by atoms with van der Waals surface area (Å²) in [6.07, 6.45) is -3.00. The van der Waals surface area contributed by atoms with E-state index in [1.807, 2.05) is 0 Å². The summed E-state index contributed by atoms with van der Waals surface area (Å²) in [5.41, 5.74) is 4.97. The fraction of sp³-hybridized carbons (Fsp3) is 0.250. The molecular formula is C12H11F3N4O. The summed E-state index contributed by atoms with van der Waals surface area (Å²) < 4.78 is 38.9. The van der Waals surface area contributed by atoms with Gasteiger partial charge in [0.15, 0.2) is 5.78 Å². The summed E-state index contributed by atoms with van der Waals surface area (Å²) in [7, 11) is 0. The first kappa shape index (κ1) is 14.2. The van der Waals surface area contributed by atoms with Crippen molar-refractivity contribution in [2.75, 3.05) is 0 Å². The van der Waals surface area contributed by atoms with Crippen LogP contribution in [0.3, 0.4) is 0 Å². The molecule has 0 unspecified atom stereocenters. The Morgan fingerprint density at radius 2 is 2.10 bits per heavy atom. The van der Waals surface area contributed by atoms with Gasteiger partial charge in [-0.25, -0.2) is 4.68 Å². The highest BCUT2D eigenvalue weighted by Gasteiger charge is 2.30. The topological polar surface area (TPSA) is 73.8 Å². The fourth-order valence-corrected chi connectivity index (χ4v) is 1.62. The van der Waals surface area contributed by atoms with E-state index in [4.69, 9.17) is 5.73 Å². The smallest absolute Gasteiger partial charge is 0.325 e. The minimum absolute atomic E-state index is 0.0235. The Hall–Kier alpha value is -2.22. The lowest BCUT2D eigenvalue weighted by Crippen LogP contribution is -2.13. The lowest BCUT2D eigenvalue weighted by atomic mass is 10.1. The molecule has 0 fully saturated rings. The lowest BCUT2D eigenvalue weighted by Gasteiger charge is -2.08. The zero-order valence-electron chi connectivity index (χ0n) is 10.3. The Morgan fingerprint density at radius 3 is 2.70 bits per heavy atom. The summed E-state index contributed by atoms with van der Waals surface area (Å²) in [6, 6.07) is 4.27. The maximum atomic E-state index is 12.6. The molecule has 2 aromatic rings. The van der Waals surface area contributed by atoms with Gasteiger partial charge in [-0.2, -0.15) is 13.2 Å². The van der Waals surface area contributed by atoms with Gasteiger partial charge in [0.1, 0.15) is 6.54 Å². The average molecular weight is 284 g/mol. The highest BCUT2D eigenvalue weighted by Crippen LogP contribution is 2.29. The summed E-state index contributed by atoms with van der Waals surface area (Å²) in [4.78, 5) is 11.9. The molecule has 1 aromatic heterocycles. The van der Waals surface area contributed by atoms with Crippen LogP contribution in [0.25, 0.3) is 0 Å². The number of rotatable bonds is 4. The normalized spacial score (nSPS) is 11.6. The molecule has 0 aliphatic carbocycles. The van der Waals surface area contributed by atoms with Crippen molar-refractivity contribution in [3.05, 3.63) is 47.3 Å². The third-order valence-electron chi connectivity index (χ3n) is 2.61. The molecule has 0 saturated heterocycles. The number of halogens is 3. The summed E-state index contributed by atoms with van der Waals surface area (Å²) in [5, 5.41) is 7.36. The Balaban J connectivity index is 2.17. The molecule has 0 atom stereocenters. The van der Waals surface area contributed by atoms with E-state index in [9.17, 15) is 18.0 Å². The van der Waals surface area contributed by atoms with Crippen LogP contribution < -0.4 is 5.73 Å². The van der Waals surface area contributed by atoms with E-state index in [1.165, 1.54) is 23.0 Å². The zero-order chi connectivity index (χ0) is 14.8. The molecular weight excluding hydrogens is 273 g/mol. The van der Waals surface area contributed by atoms with Crippen LogP contribution in [0.15, 0.2) is 30.5 Å². The van der Waals surface area contributed by atoms with Crippen molar-refractivity contribution >= 4 is 5.78 Å². The summed E-state index contributed by atoms with van der Waals surface area (Å²) in [6.45, 7) is -0.00788. The Kier molecular flexibility index (Phi) is 3.84. The molecule has 1 heterocycles. The third kappa shape index (κ3) is 3.21. The fourth-order valence-electron chi connectivity index (χ4n) is 1.62. The number of nitrogens with zero attached hydrogens (tertiary/aromatic N) is 3. The van der Waals surface area contributed by atoms with Gasteiger partial charge in [0.05, 0.1) is 17.5 Å². The number of nitrogens with two attached hydrogens (primary N) is 1. The molecule has 0 amide bonds. The Morgan fingerprint density at radius 1 is 1.35 bits per heavy atom. The third-order valence-corrected chi connectivity index (χ3v) is 2.61. The standard InChI is InChI=1S/C12H11F3N4O/c13-12(14,15)9-3-1-2-8(4-9)11(20)7-19-6-10(5-16)17-18-19/h1-4,6H,5,7,16H2. The van der Waals surface area contributed by atoms with Gasteiger partial charge in [-0.15, -0.1) is 5.10 Å². The van der Waals surface area contributed by atoms with Crippen LogP contribution in [-0.2, 0) is 19.3 Å². The van der Waals surface area contributed by atoms with Gasteiger partial charge in [-0.05, 0) is 12.1 Å². The molecule has 0 bridgehead atoms. The number of carbonyl (C=O) groups excluding carboxylic acids is 1. The summed E-state index contributed by atoms with van der Waals surface area (Å²) >= 11 is 0. The number of aromatic nitrogens is 3. The Bertz CT molecular complexity index is 621. The molecule has 8 heteroatoms. The van der Waals surface area contributed by atoms with Crippen molar-refractivity contribution in [2.45, 2.75) is 19.3 Å². The van der Waals surface area contributed by atoms with E-state index < -0.39 is 17.5 Å². The largest absolute Gasteiger partial charge is 0.416 e. The van der Waals surface area contributed by atoms with E-state index in [1.54, 1.807) is 0 Å². The number of Topliss-reactive ketones (excluding diaryl/α,β-unsaturated/α-hetero) is 1. The number of alkyl halides is 3. The molecule has 1 aromatic carbocycles. The van der Waals surface area contributed by atoms with E-state index in [0.717, 1.165) is 12.1 Å². The Labute approximate surface area is 112 Å². The minimum atomic E-state index is -4.48. The lowest BCUT2D eigenvalue weighted by molar-refractivity contribution is -0.137. The molecule has 0 saturated carbocycles. The summed E-state index contributed by atoms with van der Waals surface area (Å²) in [5.74, 6) is -0.482. The second kappa shape index (κ2) is 5.41. The van der Waals surface area contributed by atoms with Crippen molar-refractivity contribution in [1.29, 1.82) is 0 Å². The van der Waals surface area contributed by atoms with Gasteiger partial charge in [0.2, 0.25) is 0 Å². The monoisotopic (exact) mass is 284 g/mol. The predicted octanol–water partition coefficient (Wildman–Crippen LogP) is 1.64. The van der Waals surface area contributed by atoms with Crippen molar-refractivity contribution < 1.29 is 18.0 Å². The van der Waals surface area contributed by atoms with E-state index in [-0.39, 0.29) is 18.7 Å². The van der Waals surface area contributed by atoms with Crippen LogP contribution >= 0.6 is 0 Å². The van der Waals surface area contributed by atoms with E-state index in [0.29, 0.717) is 5.69 Å². The number of ketones is 1. The maximum absolute atomic E-state index is 12.6. The van der Waals surface area contributed by atoms with Gasteiger partial charge in [0, 0.05) is 12.1 Å². The first-order chi connectivity index (χ1) is 9.40. The van der Waals surface area contributed by atoms with Crippen LogP contribution in [0, 0.1) is 0 Å². The van der Waals surface area contributed by atoms with Crippen LogP contribution in [0.2, 0.25) is 0 Å². The predicted molar refractivity (Wildman–Crippen MR) is 63.7 cm³/mol. The van der Waals surface area contributed by atoms with Gasteiger partial charge in [-0.1, -0.05) is 17.3 Å². The molecule has 20 heavy (non-hydrogen) atoms. The first-order valence-electron chi connectivity index (χ1n) is 5.69. The van der Waals surface area contributed by atoms with Crippen LogP contribution in [0.1, 0.15) is 21.6 Å². The van der Waals surface area contributed by atoms with Gasteiger partial charge in [-0.3, -0.25) is 4.79 Å². The van der Waals surface area contributed by atoms with Crippen molar-refractivity contribution in [1.82, 2.24) is 15.0 Å². The number of benzene rings is 1. The second-order valence-electron chi connectivity index (χ2n) is 4.11. The van der Waals surface area contributed by atoms with Crippen molar-refractivity contribution in [3.8, 4) is 0 Å². The second-order valence-corrected chi connectivity index (χ2v) is 4.11. The molecule has 5 nitrogen and oxygen atoms in total. The maximum Gasteiger partial charge on any atom is 0.416 e. The molecule has 2 rings (SSSR count). The van der Waals surface area contributed by atoms with Crippen LogP contribution in [0.4, 0.5) is 13.2 Å². The van der Waals surface area contributed by atoms with Gasteiger partial charge in [0.25, 0.3) is 0 Å². The number of carbonyl (C=O) groups is 1. The molecule has 0 radical (unpaired) electrons. The molecule has 0 spiro atoms. The molecule has 106 valence electrons. The zero-order valence-corrected chi connectivity index (χ0v) is 10.3. The van der Waals surface area contributed by atoms with E-state index >= 15 is 0 Å². The highest BCUT2D eigenvalue weighted by atomic mass is 19.4. The quantitative estimate of drug-likeness (QED) is 0.866. The molecule has 0 aliphatic heterocycles. The highest BCUT2D eigenvalue weighted by molar-refractivity contribution is 5.96. The minimum Gasteiger partial charge on any atom is -0.325 e. The first-order valence-corrected chi connectivity index (χ1v) is 5.69.